The number of hydrogen-bond acceptors (Lipinski definition) is 5. The van der Waals surface area contributed by atoms with Crippen molar-refractivity contribution < 1.29 is 24.8 Å². The first-order chi connectivity index (χ1) is 6.95. The van der Waals surface area contributed by atoms with E-state index >= 15 is 0 Å². The third-order valence-corrected chi connectivity index (χ3v) is 3.15. The smallest absolute Gasteiger partial charge is 0.189 e. The lowest BCUT2D eigenvalue weighted by Gasteiger charge is -2.53. The maximum absolute atomic E-state index is 10.2. The molecule has 2 heterocycles. The van der Waals surface area contributed by atoms with Gasteiger partial charge in [-0.2, -0.15) is 0 Å². The molecular weight excluding hydrogens is 200 g/mol. The Kier molecular flexibility index (Phi) is 2.77. The van der Waals surface area contributed by atoms with Crippen molar-refractivity contribution in [3.05, 3.63) is 0 Å². The molecule has 0 amide bonds. The van der Waals surface area contributed by atoms with Crippen molar-refractivity contribution in [3.63, 3.8) is 0 Å². The molecular formula is C10H18O5. The van der Waals surface area contributed by atoms with Crippen LogP contribution in [-0.2, 0) is 9.47 Å². The fraction of sp³-hybridized carbons (Fsp3) is 1.00. The zero-order valence-corrected chi connectivity index (χ0v) is 8.96. The van der Waals surface area contributed by atoms with E-state index in [2.05, 4.69) is 0 Å². The van der Waals surface area contributed by atoms with Crippen LogP contribution in [-0.4, -0.2) is 51.6 Å². The lowest BCUT2D eigenvalue weighted by atomic mass is 9.75. The average molecular weight is 218 g/mol. The van der Waals surface area contributed by atoms with Crippen molar-refractivity contribution >= 4 is 0 Å². The van der Waals surface area contributed by atoms with Crippen molar-refractivity contribution in [2.24, 2.45) is 0 Å². The summed E-state index contributed by atoms with van der Waals surface area (Å²) in [5, 5.41) is 29.6. The van der Waals surface area contributed by atoms with Gasteiger partial charge in [-0.15, -0.1) is 0 Å². The summed E-state index contributed by atoms with van der Waals surface area (Å²) in [5.41, 5.74) is -1.47. The van der Waals surface area contributed by atoms with Crippen molar-refractivity contribution in [1.82, 2.24) is 0 Å². The molecule has 0 radical (unpaired) electrons. The van der Waals surface area contributed by atoms with E-state index in [4.69, 9.17) is 9.47 Å². The molecule has 15 heavy (non-hydrogen) atoms. The lowest BCUT2D eigenvalue weighted by molar-refractivity contribution is -0.370. The summed E-state index contributed by atoms with van der Waals surface area (Å²) in [6.45, 7) is 3.66. The highest BCUT2D eigenvalue weighted by Gasteiger charge is 2.59. The molecule has 5 nitrogen and oxygen atoms in total. The van der Waals surface area contributed by atoms with E-state index in [-0.39, 0.29) is 6.10 Å². The molecule has 2 bridgehead atoms. The number of aliphatic hydroxyl groups is 3. The molecule has 3 fully saturated rings. The number of aliphatic hydroxyl groups excluding tert-OH is 2. The van der Waals surface area contributed by atoms with Gasteiger partial charge in [0.05, 0.1) is 12.2 Å². The Balaban J connectivity index is 2.16. The predicted molar refractivity (Wildman–Crippen MR) is 51.1 cm³/mol. The molecule has 3 aliphatic rings. The Bertz CT molecular complexity index is 244. The van der Waals surface area contributed by atoms with Crippen LogP contribution in [0.15, 0.2) is 0 Å². The van der Waals surface area contributed by atoms with Gasteiger partial charge < -0.3 is 24.8 Å². The van der Waals surface area contributed by atoms with Gasteiger partial charge in [0, 0.05) is 0 Å². The Labute approximate surface area is 88.6 Å². The Morgan fingerprint density at radius 3 is 2.67 bits per heavy atom. The maximum atomic E-state index is 10.2. The highest BCUT2D eigenvalue weighted by atomic mass is 16.7. The second kappa shape index (κ2) is 3.68. The average Bonchev–Trinajstić information content (AvgIpc) is 2.16. The lowest BCUT2D eigenvalue weighted by Crippen LogP contribution is -2.70. The molecule has 5 heteroatoms. The molecule has 0 aromatic heterocycles. The van der Waals surface area contributed by atoms with Gasteiger partial charge in [0.2, 0.25) is 0 Å². The summed E-state index contributed by atoms with van der Waals surface area (Å²) in [4.78, 5) is 0. The fourth-order valence-corrected chi connectivity index (χ4v) is 2.27. The molecule has 88 valence electrons. The van der Waals surface area contributed by atoms with E-state index in [1.165, 1.54) is 0 Å². The summed E-state index contributed by atoms with van der Waals surface area (Å²) < 4.78 is 10.8. The third kappa shape index (κ3) is 1.68. The topological polar surface area (TPSA) is 79.2 Å². The van der Waals surface area contributed by atoms with Gasteiger partial charge in [-0.25, -0.2) is 0 Å². The van der Waals surface area contributed by atoms with E-state index in [1.54, 1.807) is 0 Å². The van der Waals surface area contributed by atoms with Gasteiger partial charge in [-0.1, -0.05) is 0 Å². The van der Waals surface area contributed by atoms with E-state index in [0.29, 0.717) is 12.8 Å². The molecule has 0 aromatic carbocycles. The highest BCUT2D eigenvalue weighted by Crippen LogP contribution is 2.41. The molecule has 2 aliphatic heterocycles. The van der Waals surface area contributed by atoms with E-state index in [0.717, 1.165) is 0 Å². The van der Waals surface area contributed by atoms with Crippen molar-refractivity contribution in [1.29, 1.82) is 0 Å². The number of rotatable bonds is 2. The van der Waals surface area contributed by atoms with Crippen LogP contribution in [0.25, 0.3) is 0 Å². The monoisotopic (exact) mass is 218 g/mol. The van der Waals surface area contributed by atoms with Gasteiger partial charge in [0.25, 0.3) is 0 Å². The number of fused-ring (bicyclic) bond motifs is 3. The van der Waals surface area contributed by atoms with Crippen molar-refractivity contribution in [2.45, 2.75) is 63.0 Å². The Morgan fingerprint density at radius 1 is 1.40 bits per heavy atom. The van der Waals surface area contributed by atoms with Gasteiger partial charge in [-0.05, 0) is 26.7 Å². The molecule has 3 rings (SSSR count). The Hall–Kier alpha value is -0.200. The summed E-state index contributed by atoms with van der Waals surface area (Å²) in [5.74, 6) is 0. The van der Waals surface area contributed by atoms with Gasteiger partial charge in [0.1, 0.15) is 17.8 Å². The number of hydrogen-bond donors (Lipinski definition) is 3. The van der Waals surface area contributed by atoms with Crippen molar-refractivity contribution in [2.75, 3.05) is 0 Å². The van der Waals surface area contributed by atoms with Crippen LogP contribution in [0, 0.1) is 0 Å². The minimum Gasteiger partial charge on any atom is -0.388 e. The summed E-state index contributed by atoms with van der Waals surface area (Å²) in [6, 6.07) is 0. The maximum Gasteiger partial charge on any atom is 0.189 e. The molecule has 1 saturated carbocycles. The zero-order valence-electron chi connectivity index (χ0n) is 8.96. The van der Waals surface area contributed by atoms with Crippen LogP contribution in [0.4, 0.5) is 0 Å². The second-order valence-electron chi connectivity index (χ2n) is 4.66. The molecule has 0 unspecified atom stereocenters. The largest absolute Gasteiger partial charge is 0.388 e. The predicted octanol–water partition coefficient (Wildman–Crippen LogP) is -0.617. The van der Waals surface area contributed by atoms with Crippen LogP contribution < -0.4 is 0 Å². The van der Waals surface area contributed by atoms with Crippen LogP contribution >= 0.6 is 0 Å². The van der Waals surface area contributed by atoms with Crippen molar-refractivity contribution in [3.8, 4) is 0 Å². The first kappa shape index (κ1) is 11.3. The normalized spacial score (nSPS) is 50.0. The zero-order chi connectivity index (χ0) is 11.2. The first-order valence-electron chi connectivity index (χ1n) is 5.34. The standard InChI is InChI=1S/C10H18O5/c1-5(2)14-9-10(13)4-3-6(15-9)7(11)8(10)12/h5-9,11-13H,3-4H2,1-2H3/t6-,7-,8+,9+,10-/m1/s1. The highest BCUT2D eigenvalue weighted by molar-refractivity contribution is 5.05. The molecule has 0 aromatic rings. The summed E-state index contributed by atoms with van der Waals surface area (Å²) >= 11 is 0. The molecule has 3 N–H and O–H groups in total. The quantitative estimate of drug-likeness (QED) is 0.576. The molecule has 5 atom stereocenters. The molecule has 0 spiro atoms. The van der Waals surface area contributed by atoms with E-state index in [9.17, 15) is 15.3 Å². The summed E-state index contributed by atoms with van der Waals surface area (Å²) in [6.07, 6.45) is -2.63. The van der Waals surface area contributed by atoms with Crippen LogP contribution in [0.2, 0.25) is 0 Å². The van der Waals surface area contributed by atoms with E-state index in [1.807, 2.05) is 13.8 Å². The van der Waals surface area contributed by atoms with Crippen LogP contribution in [0.3, 0.4) is 0 Å². The van der Waals surface area contributed by atoms with E-state index < -0.39 is 30.2 Å². The Morgan fingerprint density at radius 2 is 2.07 bits per heavy atom. The van der Waals surface area contributed by atoms with Gasteiger partial charge in [-0.3, -0.25) is 0 Å². The summed E-state index contributed by atoms with van der Waals surface area (Å²) in [7, 11) is 0. The van der Waals surface area contributed by atoms with Crippen LogP contribution in [0.5, 0.6) is 0 Å². The first-order valence-corrected chi connectivity index (χ1v) is 5.34. The SMILES string of the molecule is CC(C)O[C@H]1O[C@@H]2CC[C@@]1(O)[C@@H](O)[C@@H]2O. The third-order valence-electron chi connectivity index (χ3n) is 3.15. The van der Waals surface area contributed by atoms with Gasteiger partial charge >= 0.3 is 0 Å². The molecule has 2 saturated heterocycles. The minimum atomic E-state index is -1.47. The van der Waals surface area contributed by atoms with Crippen LogP contribution in [0.1, 0.15) is 26.7 Å². The second-order valence-corrected chi connectivity index (χ2v) is 4.66. The van der Waals surface area contributed by atoms with Gasteiger partial charge in [0.15, 0.2) is 6.29 Å². The number of ether oxygens (including phenoxy) is 2. The minimum absolute atomic E-state index is 0.0947. The fourth-order valence-electron chi connectivity index (χ4n) is 2.27. The molecule has 1 aliphatic carbocycles.